The van der Waals surface area contributed by atoms with Gasteiger partial charge in [0.25, 0.3) is 5.69 Å². The first kappa shape index (κ1) is 12.8. The van der Waals surface area contributed by atoms with E-state index in [9.17, 15) is 10.1 Å². The van der Waals surface area contributed by atoms with Crippen molar-refractivity contribution in [3.63, 3.8) is 0 Å². The zero-order valence-corrected chi connectivity index (χ0v) is 10.8. The highest BCUT2D eigenvalue weighted by atomic mass is 16.6. The van der Waals surface area contributed by atoms with Gasteiger partial charge < -0.3 is 10.5 Å². The molecule has 0 radical (unpaired) electrons. The average Bonchev–Trinajstić information content (AvgIpc) is 2.30. The molecule has 0 aromatic heterocycles. The van der Waals surface area contributed by atoms with Crippen molar-refractivity contribution >= 4 is 5.69 Å². The predicted octanol–water partition coefficient (Wildman–Crippen LogP) is 2.41. The van der Waals surface area contributed by atoms with Crippen molar-refractivity contribution in [3.8, 4) is 5.75 Å². The van der Waals surface area contributed by atoms with Gasteiger partial charge in [-0.2, -0.15) is 0 Å². The Morgan fingerprint density at radius 3 is 2.67 bits per heavy atom. The third-order valence-corrected chi connectivity index (χ3v) is 3.97. The summed E-state index contributed by atoms with van der Waals surface area (Å²) in [5, 5.41) is 10.9. The minimum Gasteiger partial charge on any atom is -0.489 e. The summed E-state index contributed by atoms with van der Waals surface area (Å²) in [6, 6.07) is 5.02. The molecule has 18 heavy (non-hydrogen) atoms. The molecular formula is C13H18N2O3. The van der Waals surface area contributed by atoms with E-state index in [1.165, 1.54) is 6.07 Å². The largest absolute Gasteiger partial charge is 0.489 e. The molecular weight excluding hydrogens is 232 g/mol. The van der Waals surface area contributed by atoms with Crippen molar-refractivity contribution in [3.05, 3.63) is 33.9 Å². The molecule has 98 valence electrons. The first-order valence-corrected chi connectivity index (χ1v) is 6.00. The van der Waals surface area contributed by atoms with E-state index in [4.69, 9.17) is 10.5 Å². The van der Waals surface area contributed by atoms with Crippen LogP contribution in [0, 0.1) is 22.5 Å². The predicted molar refractivity (Wildman–Crippen MR) is 68.6 cm³/mol. The Morgan fingerprint density at radius 1 is 1.50 bits per heavy atom. The number of nitrogens with two attached hydrogens (primary N) is 1. The third kappa shape index (κ3) is 1.95. The standard InChI is InChI=1S/C13H18N2O3/c1-8-9(15(16)17)5-4-6-10(8)18-12-7-11(14)13(12,2)3/h4-6,11-12H,7,14H2,1-3H3. The van der Waals surface area contributed by atoms with Crippen LogP contribution in [0.1, 0.15) is 25.8 Å². The van der Waals surface area contributed by atoms with Crippen LogP contribution in [0.25, 0.3) is 0 Å². The van der Waals surface area contributed by atoms with Gasteiger partial charge in [-0.15, -0.1) is 0 Å². The Kier molecular flexibility index (Phi) is 3.02. The number of benzene rings is 1. The molecule has 1 aliphatic rings. The molecule has 2 N–H and O–H groups in total. The van der Waals surface area contributed by atoms with Crippen LogP contribution in [0.5, 0.6) is 5.75 Å². The number of hydrogen-bond donors (Lipinski definition) is 1. The summed E-state index contributed by atoms with van der Waals surface area (Å²) in [5.74, 6) is 0.578. The number of ether oxygens (including phenoxy) is 1. The van der Waals surface area contributed by atoms with Gasteiger partial charge in [-0.25, -0.2) is 0 Å². The molecule has 1 fully saturated rings. The molecule has 0 aliphatic heterocycles. The molecule has 5 heteroatoms. The SMILES string of the molecule is Cc1c(OC2CC(N)C2(C)C)cccc1[N+](=O)[O-]. The average molecular weight is 250 g/mol. The lowest BCUT2D eigenvalue weighted by atomic mass is 9.65. The normalized spacial score (nSPS) is 25.3. The molecule has 1 saturated carbocycles. The van der Waals surface area contributed by atoms with Gasteiger partial charge in [0, 0.05) is 23.9 Å². The fraction of sp³-hybridized carbons (Fsp3) is 0.538. The monoisotopic (exact) mass is 250 g/mol. The zero-order chi connectivity index (χ0) is 13.5. The fourth-order valence-corrected chi connectivity index (χ4v) is 2.20. The van der Waals surface area contributed by atoms with E-state index in [2.05, 4.69) is 13.8 Å². The second kappa shape index (κ2) is 4.24. The van der Waals surface area contributed by atoms with Crippen molar-refractivity contribution in [2.75, 3.05) is 0 Å². The molecule has 5 nitrogen and oxygen atoms in total. The van der Waals surface area contributed by atoms with Crippen LogP contribution in [0.2, 0.25) is 0 Å². The highest BCUT2D eigenvalue weighted by Gasteiger charge is 2.48. The molecule has 0 spiro atoms. The van der Waals surface area contributed by atoms with Gasteiger partial charge in [-0.05, 0) is 13.0 Å². The van der Waals surface area contributed by atoms with E-state index in [0.29, 0.717) is 11.3 Å². The summed E-state index contributed by atoms with van der Waals surface area (Å²) in [5.41, 5.74) is 6.50. The highest BCUT2D eigenvalue weighted by molar-refractivity contribution is 5.48. The van der Waals surface area contributed by atoms with Crippen LogP contribution in [0.15, 0.2) is 18.2 Å². The van der Waals surface area contributed by atoms with Gasteiger partial charge in [-0.3, -0.25) is 10.1 Å². The molecule has 1 aliphatic carbocycles. The fourth-order valence-electron chi connectivity index (χ4n) is 2.20. The number of rotatable bonds is 3. The maximum absolute atomic E-state index is 10.9. The van der Waals surface area contributed by atoms with E-state index < -0.39 is 0 Å². The molecule has 1 aromatic rings. The van der Waals surface area contributed by atoms with Gasteiger partial charge in [0.1, 0.15) is 11.9 Å². The first-order valence-electron chi connectivity index (χ1n) is 6.00. The Hall–Kier alpha value is -1.62. The summed E-state index contributed by atoms with van der Waals surface area (Å²) in [6.07, 6.45) is 0.808. The summed E-state index contributed by atoms with van der Waals surface area (Å²) < 4.78 is 5.87. The van der Waals surface area contributed by atoms with E-state index in [1.807, 2.05) is 0 Å². The lowest BCUT2D eigenvalue weighted by Gasteiger charge is -2.49. The van der Waals surface area contributed by atoms with Gasteiger partial charge in [0.15, 0.2) is 0 Å². The molecule has 0 bridgehead atoms. The van der Waals surface area contributed by atoms with Crippen molar-refractivity contribution in [1.82, 2.24) is 0 Å². The number of nitrogens with zero attached hydrogens (tertiary/aromatic N) is 1. The molecule has 1 aromatic carbocycles. The first-order chi connectivity index (χ1) is 8.34. The minimum absolute atomic E-state index is 0.0215. The molecule has 2 unspecified atom stereocenters. The Bertz CT molecular complexity index is 485. The summed E-state index contributed by atoms with van der Waals surface area (Å²) in [7, 11) is 0. The molecule has 2 rings (SSSR count). The molecule has 2 atom stereocenters. The smallest absolute Gasteiger partial charge is 0.276 e. The van der Waals surface area contributed by atoms with Crippen LogP contribution in [0.4, 0.5) is 5.69 Å². The van der Waals surface area contributed by atoms with Crippen LogP contribution in [0.3, 0.4) is 0 Å². The van der Waals surface area contributed by atoms with E-state index in [0.717, 1.165) is 6.42 Å². The molecule has 0 amide bonds. The van der Waals surface area contributed by atoms with Crippen LogP contribution in [-0.2, 0) is 0 Å². The van der Waals surface area contributed by atoms with Crippen LogP contribution >= 0.6 is 0 Å². The number of hydrogen-bond acceptors (Lipinski definition) is 4. The highest BCUT2D eigenvalue weighted by Crippen LogP contribution is 2.42. The second-order valence-corrected chi connectivity index (χ2v) is 5.43. The van der Waals surface area contributed by atoms with Crippen molar-refractivity contribution in [1.29, 1.82) is 0 Å². The van der Waals surface area contributed by atoms with Crippen molar-refractivity contribution in [2.24, 2.45) is 11.1 Å². The van der Waals surface area contributed by atoms with Gasteiger partial charge in [0.05, 0.1) is 10.5 Å². The third-order valence-electron chi connectivity index (χ3n) is 3.97. The molecule has 0 saturated heterocycles. The lowest BCUT2D eigenvalue weighted by Crippen LogP contribution is -2.60. The minimum atomic E-state index is -0.389. The lowest BCUT2D eigenvalue weighted by molar-refractivity contribution is -0.385. The Balaban J connectivity index is 2.21. The van der Waals surface area contributed by atoms with Gasteiger partial charge in [0.2, 0.25) is 0 Å². The summed E-state index contributed by atoms with van der Waals surface area (Å²) in [6.45, 7) is 5.82. The molecule has 0 heterocycles. The van der Waals surface area contributed by atoms with Crippen molar-refractivity contribution in [2.45, 2.75) is 39.3 Å². The maximum Gasteiger partial charge on any atom is 0.276 e. The maximum atomic E-state index is 10.9. The summed E-state index contributed by atoms with van der Waals surface area (Å²) >= 11 is 0. The number of nitro benzene ring substituents is 1. The van der Waals surface area contributed by atoms with E-state index in [1.54, 1.807) is 19.1 Å². The van der Waals surface area contributed by atoms with Crippen LogP contribution in [-0.4, -0.2) is 17.1 Å². The Labute approximate surface area is 106 Å². The zero-order valence-electron chi connectivity index (χ0n) is 10.8. The summed E-state index contributed by atoms with van der Waals surface area (Å²) in [4.78, 5) is 10.5. The van der Waals surface area contributed by atoms with Crippen LogP contribution < -0.4 is 10.5 Å². The second-order valence-electron chi connectivity index (χ2n) is 5.43. The number of nitro groups is 1. The van der Waals surface area contributed by atoms with E-state index >= 15 is 0 Å². The topological polar surface area (TPSA) is 78.4 Å². The van der Waals surface area contributed by atoms with Gasteiger partial charge >= 0.3 is 0 Å². The van der Waals surface area contributed by atoms with E-state index in [-0.39, 0.29) is 28.2 Å². The quantitative estimate of drug-likeness (QED) is 0.660. The Morgan fingerprint density at radius 2 is 2.17 bits per heavy atom. The van der Waals surface area contributed by atoms with Crippen molar-refractivity contribution < 1.29 is 9.66 Å². The van der Waals surface area contributed by atoms with Gasteiger partial charge in [-0.1, -0.05) is 19.9 Å².